The predicted molar refractivity (Wildman–Crippen MR) is 136 cm³/mol. The van der Waals surface area contributed by atoms with Crippen LogP contribution in [0.25, 0.3) is 10.9 Å². The van der Waals surface area contributed by atoms with Crippen LogP contribution in [0.5, 0.6) is 0 Å². The first-order valence-electron chi connectivity index (χ1n) is 12.0. The van der Waals surface area contributed by atoms with Gasteiger partial charge in [0.05, 0.1) is 30.8 Å². The third-order valence-corrected chi connectivity index (χ3v) is 6.33. The number of carbonyl (C=O) groups is 2. The normalized spacial score (nSPS) is 14.9. The largest absolute Gasteiger partial charge is 0.467 e. The molecule has 186 valence electrons. The maximum absolute atomic E-state index is 12.9. The minimum absolute atomic E-state index is 0.00842. The Bertz CT molecular complexity index is 1290. The van der Waals surface area contributed by atoms with Crippen LogP contribution in [0.15, 0.2) is 48.5 Å². The smallest absolute Gasteiger partial charge is 0.328 e. The Morgan fingerprint density at radius 3 is 2.53 bits per heavy atom. The lowest BCUT2D eigenvalue weighted by Crippen LogP contribution is -2.48. The van der Waals surface area contributed by atoms with Gasteiger partial charge in [-0.2, -0.15) is 5.26 Å². The highest BCUT2D eigenvalue weighted by molar-refractivity contribution is 5.94. The monoisotopic (exact) mass is 486 g/mol. The zero-order valence-corrected chi connectivity index (χ0v) is 20.8. The minimum Gasteiger partial charge on any atom is -0.467 e. The molecule has 2 heterocycles. The van der Waals surface area contributed by atoms with E-state index in [4.69, 9.17) is 20.0 Å². The number of aromatic nitrogens is 2. The molecule has 0 saturated carbocycles. The zero-order valence-electron chi connectivity index (χ0n) is 20.8. The molecule has 3 aromatic rings. The van der Waals surface area contributed by atoms with Gasteiger partial charge in [0.2, 0.25) is 0 Å². The van der Waals surface area contributed by atoms with Gasteiger partial charge < -0.3 is 15.0 Å². The second kappa shape index (κ2) is 11.1. The number of hydrogen-bond acceptors (Lipinski definition) is 8. The van der Waals surface area contributed by atoms with E-state index in [-0.39, 0.29) is 17.8 Å². The fraction of sp³-hybridized carbons (Fsp3) is 0.370. The van der Waals surface area contributed by atoms with Gasteiger partial charge in [-0.15, -0.1) is 0 Å². The van der Waals surface area contributed by atoms with E-state index in [2.05, 4.69) is 16.3 Å². The molecule has 1 N–H and O–H groups in total. The molecule has 0 bridgehead atoms. The van der Waals surface area contributed by atoms with Gasteiger partial charge in [-0.1, -0.05) is 32.0 Å². The van der Waals surface area contributed by atoms with E-state index >= 15 is 0 Å². The van der Waals surface area contributed by atoms with E-state index in [1.54, 1.807) is 24.3 Å². The summed E-state index contributed by atoms with van der Waals surface area (Å²) in [5, 5.41) is 13.2. The molecule has 36 heavy (non-hydrogen) atoms. The molecule has 1 amide bonds. The number of anilines is 1. The molecule has 0 unspecified atom stereocenters. The van der Waals surface area contributed by atoms with E-state index < -0.39 is 6.04 Å². The van der Waals surface area contributed by atoms with Crippen molar-refractivity contribution in [1.82, 2.24) is 19.8 Å². The van der Waals surface area contributed by atoms with Crippen LogP contribution in [0.1, 0.15) is 35.6 Å². The molecule has 9 nitrogen and oxygen atoms in total. The van der Waals surface area contributed by atoms with E-state index in [1.165, 1.54) is 7.11 Å². The number of fused-ring (bicyclic) bond motifs is 1. The third-order valence-electron chi connectivity index (χ3n) is 6.33. The Hall–Kier alpha value is -4.03. The van der Waals surface area contributed by atoms with Crippen molar-refractivity contribution in [3.63, 3.8) is 0 Å². The molecule has 0 spiro atoms. The first-order valence-corrected chi connectivity index (χ1v) is 12.0. The van der Waals surface area contributed by atoms with E-state index in [9.17, 15) is 9.59 Å². The van der Waals surface area contributed by atoms with Gasteiger partial charge in [-0.05, 0) is 36.2 Å². The lowest BCUT2D eigenvalue weighted by molar-refractivity contribution is -0.142. The van der Waals surface area contributed by atoms with E-state index in [0.717, 1.165) is 10.9 Å². The molecule has 1 atom stereocenters. The van der Waals surface area contributed by atoms with Gasteiger partial charge in [0, 0.05) is 37.1 Å². The van der Waals surface area contributed by atoms with Crippen LogP contribution in [-0.4, -0.2) is 71.0 Å². The summed E-state index contributed by atoms with van der Waals surface area (Å²) in [6.45, 7) is 6.94. The van der Waals surface area contributed by atoms with Crippen molar-refractivity contribution < 1.29 is 14.3 Å². The Kier molecular flexibility index (Phi) is 7.76. The fourth-order valence-electron chi connectivity index (χ4n) is 4.29. The molecule has 9 heteroatoms. The number of hydrogen-bond donors (Lipinski definition) is 1. The Morgan fingerprint density at radius 1 is 1.08 bits per heavy atom. The van der Waals surface area contributed by atoms with Gasteiger partial charge in [0.1, 0.15) is 17.7 Å². The van der Waals surface area contributed by atoms with Crippen LogP contribution in [0.2, 0.25) is 0 Å². The second-order valence-corrected chi connectivity index (χ2v) is 9.16. The van der Waals surface area contributed by atoms with Crippen molar-refractivity contribution in [3.8, 4) is 6.07 Å². The highest BCUT2D eigenvalue weighted by Gasteiger charge is 2.26. The number of amides is 1. The van der Waals surface area contributed by atoms with Crippen molar-refractivity contribution in [1.29, 1.82) is 5.26 Å². The highest BCUT2D eigenvalue weighted by atomic mass is 16.5. The van der Waals surface area contributed by atoms with Crippen LogP contribution in [0.3, 0.4) is 0 Å². The number of ether oxygens (including phenoxy) is 1. The van der Waals surface area contributed by atoms with Gasteiger partial charge in [-0.25, -0.2) is 14.8 Å². The molecule has 1 aliphatic heterocycles. The first-order chi connectivity index (χ1) is 17.4. The molecule has 4 rings (SSSR count). The lowest BCUT2D eigenvalue weighted by Gasteiger charge is -2.34. The third kappa shape index (κ3) is 5.61. The maximum atomic E-state index is 12.9. The first kappa shape index (κ1) is 25.1. The minimum atomic E-state index is -0.532. The number of methoxy groups -OCH3 is 1. The number of nitrogens with one attached hydrogen (secondary N) is 1. The number of para-hydroxylation sites is 1. The number of nitriles is 1. The highest BCUT2D eigenvalue weighted by Crippen LogP contribution is 2.23. The molecule has 1 aliphatic rings. The Morgan fingerprint density at radius 2 is 1.83 bits per heavy atom. The van der Waals surface area contributed by atoms with Crippen molar-refractivity contribution in [2.24, 2.45) is 5.92 Å². The molecule has 0 aliphatic carbocycles. The number of nitrogens with zero attached hydrogens (tertiary/aromatic N) is 5. The van der Waals surface area contributed by atoms with Crippen LogP contribution >= 0.6 is 0 Å². The number of rotatable bonds is 7. The number of piperazine rings is 1. The molecule has 0 radical (unpaired) electrons. The van der Waals surface area contributed by atoms with Crippen LogP contribution < -0.4 is 5.32 Å². The van der Waals surface area contributed by atoms with Crippen LogP contribution in [-0.2, 0) is 16.1 Å². The van der Waals surface area contributed by atoms with Gasteiger partial charge >= 0.3 is 5.97 Å². The predicted octanol–water partition coefficient (Wildman–Crippen LogP) is 3.07. The topological polar surface area (TPSA) is 111 Å². The molecule has 2 aromatic carbocycles. The van der Waals surface area contributed by atoms with Gasteiger partial charge in [0.15, 0.2) is 0 Å². The van der Waals surface area contributed by atoms with Crippen molar-refractivity contribution in [3.05, 3.63) is 65.5 Å². The van der Waals surface area contributed by atoms with Gasteiger partial charge in [0.25, 0.3) is 5.91 Å². The number of esters is 1. The maximum Gasteiger partial charge on any atom is 0.328 e. The number of benzene rings is 2. The summed E-state index contributed by atoms with van der Waals surface area (Å²) >= 11 is 0. The summed E-state index contributed by atoms with van der Waals surface area (Å²) in [6, 6.07) is 16.0. The lowest BCUT2D eigenvalue weighted by atomic mass is 10.0. The molecule has 1 aromatic heterocycles. The van der Waals surface area contributed by atoms with E-state index in [1.807, 2.05) is 43.0 Å². The SMILES string of the molecule is COC(=O)[C@@H](Nc1nc(CN2CCN(C(=O)c3cccc(C#N)c3)CC2)nc2ccccc12)C(C)C. The number of carbonyl (C=O) groups excluding carboxylic acids is 2. The zero-order chi connectivity index (χ0) is 25.7. The molecular weight excluding hydrogens is 456 g/mol. The van der Waals surface area contributed by atoms with Crippen LogP contribution in [0.4, 0.5) is 5.82 Å². The summed E-state index contributed by atoms with van der Waals surface area (Å²) in [5.74, 6) is 0.850. The van der Waals surface area contributed by atoms with Crippen LogP contribution in [0, 0.1) is 17.2 Å². The second-order valence-electron chi connectivity index (χ2n) is 9.16. The Labute approximate surface area is 210 Å². The summed E-state index contributed by atoms with van der Waals surface area (Å²) in [7, 11) is 1.38. The summed E-state index contributed by atoms with van der Waals surface area (Å²) in [6.07, 6.45) is 0. The summed E-state index contributed by atoms with van der Waals surface area (Å²) in [5.41, 5.74) is 1.80. The average Bonchev–Trinajstić information content (AvgIpc) is 2.91. The molecular formula is C27H30N6O3. The quantitative estimate of drug-likeness (QED) is 0.507. The molecule has 1 saturated heterocycles. The molecule has 1 fully saturated rings. The Balaban J connectivity index is 1.47. The fourth-order valence-corrected chi connectivity index (χ4v) is 4.29. The summed E-state index contributed by atoms with van der Waals surface area (Å²) < 4.78 is 4.98. The van der Waals surface area contributed by atoms with E-state index in [0.29, 0.717) is 55.5 Å². The van der Waals surface area contributed by atoms with Gasteiger partial charge in [-0.3, -0.25) is 9.69 Å². The van der Waals surface area contributed by atoms with Crippen molar-refractivity contribution in [2.45, 2.75) is 26.4 Å². The van der Waals surface area contributed by atoms with Crippen molar-refractivity contribution >= 4 is 28.6 Å². The standard InChI is InChI=1S/C27H30N6O3/c1-18(2)24(27(35)36-3)31-25-21-9-4-5-10-22(21)29-23(30-25)17-32-11-13-33(14-12-32)26(34)20-8-6-7-19(15-20)16-28/h4-10,15,18,24H,11-14,17H2,1-3H3,(H,29,30,31)/t24-/m0/s1. The average molecular weight is 487 g/mol. The van der Waals surface area contributed by atoms with Crippen molar-refractivity contribution in [2.75, 3.05) is 38.6 Å². The summed E-state index contributed by atoms with van der Waals surface area (Å²) in [4.78, 5) is 38.8.